The van der Waals surface area contributed by atoms with Gasteiger partial charge in [-0.2, -0.15) is 0 Å². The molecule has 0 saturated heterocycles. The van der Waals surface area contributed by atoms with Crippen LogP contribution in [0.1, 0.15) is 22.0 Å². The van der Waals surface area contributed by atoms with Crippen molar-refractivity contribution >= 4 is 29.1 Å². The summed E-state index contributed by atoms with van der Waals surface area (Å²) in [6.07, 6.45) is -0.875. The zero-order valence-electron chi connectivity index (χ0n) is 10.9. The summed E-state index contributed by atoms with van der Waals surface area (Å²) in [5.41, 5.74) is 6.05. The maximum Gasteiger partial charge on any atom is 0.252 e. The van der Waals surface area contributed by atoms with E-state index in [1.54, 1.807) is 30.3 Å². The molecule has 2 rings (SSSR count). The zero-order valence-corrected chi connectivity index (χ0v) is 12.4. The van der Waals surface area contributed by atoms with Gasteiger partial charge in [-0.1, -0.05) is 35.3 Å². The molecule has 1 unspecified atom stereocenters. The van der Waals surface area contributed by atoms with Crippen molar-refractivity contribution in [3.63, 3.8) is 0 Å². The van der Waals surface area contributed by atoms with E-state index in [1.165, 1.54) is 12.1 Å². The summed E-state index contributed by atoms with van der Waals surface area (Å²) in [5, 5.41) is 11.0. The van der Waals surface area contributed by atoms with Gasteiger partial charge in [0.2, 0.25) is 0 Å². The number of primary amides is 1. The van der Waals surface area contributed by atoms with Crippen LogP contribution in [0.25, 0.3) is 0 Å². The van der Waals surface area contributed by atoms with Gasteiger partial charge < -0.3 is 15.6 Å². The molecule has 110 valence electrons. The topological polar surface area (TPSA) is 72.6 Å². The molecule has 1 amide bonds. The van der Waals surface area contributed by atoms with E-state index in [2.05, 4.69) is 0 Å². The summed E-state index contributed by atoms with van der Waals surface area (Å²) < 4.78 is 5.46. The molecule has 0 aliphatic heterocycles. The van der Waals surface area contributed by atoms with Crippen molar-refractivity contribution in [1.29, 1.82) is 0 Å². The average Bonchev–Trinajstić information content (AvgIpc) is 2.45. The Bertz CT molecular complexity index is 661. The van der Waals surface area contributed by atoms with Gasteiger partial charge in [-0.15, -0.1) is 0 Å². The maximum atomic E-state index is 11.3. The predicted molar refractivity (Wildman–Crippen MR) is 81.9 cm³/mol. The van der Waals surface area contributed by atoms with E-state index >= 15 is 0 Å². The number of carbonyl (C=O) groups is 1. The summed E-state index contributed by atoms with van der Waals surface area (Å²) in [6.45, 7) is -0.0394. The van der Waals surface area contributed by atoms with E-state index in [0.29, 0.717) is 15.6 Å². The van der Waals surface area contributed by atoms with Gasteiger partial charge >= 0.3 is 0 Å². The van der Waals surface area contributed by atoms with Crippen LogP contribution in [-0.4, -0.2) is 17.6 Å². The Hall–Kier alpha value is -1.75. The Morgan fingerprint density at radius 1 is 1.19 bits per heavy atom. The minimum Gasteiger partial charge on any atom is -0.490 e. The van der Waals surface area contributed by atoms with Gasteiger partial charge in [-0.3, -0.25) is 4.79 Å². The standard InChI is InChI=1S/C15H13Cl2NO3/c16-10-3-1-2-9(6-10)13(19)8-21-14-5-4-11(17)7-12(14)15(18)20/h1-7,13,19H,8H2,(H2,18,20). The third-order valence-electron chi connectivity index (χ3n) is 2.84. The highest BCUT2D eigenvalue weighted by Crippen LogP contribution is 2.24. The Kier molecular flexibility index (Phi) is 5.07. The highest BCUT2D eigenvalue weighted by molar-refractivity contribution is 6.31. The first-order valence-electron chi connectivity index (χ1n) is 6.13. The lowest BCUT2D eigenvalue weighted by molar-refractivity contribution is 0.0967. The number of hydrogen-bond acceptors (Lipinski definition) is 3. The van der Waals surface area contributed by atoms with Gasteiger partial charge in [-0.05, 0) is 35.9 Å². The van der Waals surface area contributed by atoms with Crippen LogP contribution in [0.5, 0.6) is 5.75 Å². The van der Waals surface area contributed by atoms with Crippen molar-refractivity contribution in [2.75, 3.05) is 6.61 Å². The third kappa shape index (κ3) is 4.11. The molecular formula is C15H13Cl2NO3. The number of halogens is 2. The molecule has 0 spiro atoms. The quantitative estimate of drug-likeness (QED) is 0.886. The number of benzene rings is 2. The number of ether oxygens (including phenoxy) is 1. The number of aliphatic hydroxyl groups excluding tert-OH is 1. The fraction of sp³-hybridized carbons (Fsp3) is 0.133. The molecule has 4 nitrogen and oxygen atoms in total. The van der Waals surface area contributed by atoms with Gasteiger partial charge in [0.1, 0.15) is 18.5 Å². The Labute approximate surface area is 132 Å². The maximum absolute atomic E-state index is 11.3. The lowest BCUT2D eigenvalue weighted by Gasteiger charge is -2.14. The van der Waals surface area contributed by atoms with Crippen LogP contribution in [-0.2, 0) is 0 Å². The van der Waals surface area contributed by atoms with Gasteiger partial charge in [0, 0.05) is 10.0 Å². The van der Waals surface area contributed by atoms with Crippen molar-refractivity contribution in [1.82, 2.24) is 0 Å². The first kappa shape index (κ1) is 15.6. The number of nitrogens with two attached hydrogens (primary N) is 1. The smallest absolute Gasteiger partial charge is 0.252 e. The highest BCUT2D eigenvalue weighted by atomic mass is 35.5. The van der Waals surface area contributed by atoms with Crippen LogP contribution >= 0.6 is 23.2 Å². The molecule has 0 radical (unpaired) electrons. The summed E-state index contributed by atoms with van der Waals surface area (Å²) in [4.78, 5) is 11.3. The SMILES string of the molecule is NC(=O)c1cc(Cl)ccc1OCC(O)c1cccc(Cl)c1. The molecule has 21 heavy (non-hydrogen) atoms. The summed E-state index contributed by atoms with van der Waals surface area (Å²) in [7, 11) is 0. The van der Waals surface area contributed by atoms with Gasteiger partial charge in [0.25, 0.3) is 5.91 Å². The predicted octanol–water partition coefficient (Wildman–Crippen LogP) is 3.20. The van der Waals surface area contributed by atoms with E-state index in [4.69, 9.17) is 33.7 Å². The minimum atomic E-state index is -0.875. The number of amides is 1. The molecule has 0 aromatic heterocycles. The van der Waals surface area contributed by atoms with Crippen molar-refractivity contribution < 1.29 is 14.6 Å². The highest BCUT2D eigenvalue weighted by Gasteiger charge is 2.13. The third-order valence-corrected chi connectivity index (χ3v) is 3.31. The molecular weight excluding hydrogens is 313 g/mol. The molecule has 2 aromatic carbocycles. The average molecular weight is 326 g/mol. The Balaban J connectivity index is 2.11. The molecule has 0 fully saturated rings. The molecule has 0 saturated carbocycles. The van der Waals surface area contributed by atoms with Crippen LogP contribution in [0, 0.1) is 0 Å². The van der Waals surface area contributed by atoms with E-state index in [1.807, 2.05) is 0 Å². The second-order valence-corrected chi connectivity index (χ2v) is 5.26. The summed E-state index contributed by atoms with van der Waals surface area (Å²) in [6, 6.07) is 11.4. The second kappa shape index (κ2) is 6.80. The molecule has 0 aliphatic carbocycles. The van der Waals surface area contributed by atoms with E-state index in [-0.39, 0.29) is 17.9 Å². The number of rotatable bonds is 5. The van der Waals surface area contributed by atoms with Crippen molar-refractivity contribution in [3.8, 4) is 5.75 Å². The fourth-order valence-electron chi connectivity index (χ4n) is 1.80. The number of hydrogen-bond donors (Lipinski definition) is 2. The number of carbonyl (C=O) groups excluding carboxylic acids is 1. The largest absolute Gasteiger partial charge is 0.490 e. The van der Waals surface area contributed by atoms with Gasteiger partial charge in [0.05, 0.1) is 5.56 Å². The first-order chi connectivity index (χ1) is 9.97. The Morgan fingerprint density at radius 3 is 2.57 bits per heavy atom. The lowest BCUT2D eigenvalue weighted by Crippen LogP contribution is -2.15. The summed E-state index contributed by atoms with van der Waals surface area (Å²) >= 11 is 11.7. The van der Waals surface area contributed by atoms with Crippen LogP contribution in [0.2, 0.25) is 10.0 Å². The number of aliphatic hydroxyl groups is 1. The molecule has 1 atom stereocenters. The van der Waals surface area contributed by atoms with E-state index in [0.717, 1.165) is 0 Å². The lowest BCUT2D eigenvalue weighted by atomic mass is 10.1. The van der Waals surface area contributed by atoms with Crippen molar-refractivity contribution in [3.05, 3.63) is 63.6 Å². The van der Waals surface area contributed by atoms with Gasteiger partial charge in [0.15, 0.2) is 0 Å². The molecule has 0 bridgehead atoms. The van der Waals surface area contributed by atoms with Crippen LogP contribution in [0.15, 0.2) is 42.5 Å². The zero-order chi connectivity index (χ0) is 15.4. The molecule has 0 heterocycles. The molecule has 2 aromatic rings. The van der Waals surface area contributed by atoms with Crippen molar-refractivity contribution in [2.24, 2.45) is 5.73 Å². The van der Waals surface area contributed by atoms with Crippen molar-refractivity contribution in [2.45, 2.75) is 6.10 Å². The first-order valence-corrected chi connectivity index (χ1v) is 6.88. The minimum absolute atomic E-state index is 0.0394. The molecule has 3 N–H and O–H groups in total. The molecule has 6 heteroatoms. The van der Waals surface area contributed by atoms with Gasteiger partial charge in [-0.25, -0.2) is 0 Å². The molecule has 0 aliphatic rings. The van der Waals surface area contributed by atoms with E-state index in [9.17, 15) is 9.90 Å². The monoisotopic (exact) mass is 325 g/mol. The van der Waals surface area contributed by atoms with Crippen LogP contribution in [0.3, 0.4) is 0 Å². The second-order valence-electron chi connectivity index (χ2n) is 4.39. The van der Waals surface area contributed by atoms with Crippen LogP contribution in [0.4, 0.5) is 0 Å². The van der Waals surface area contributed by atoms with E-state index < -0.39 is 12.0 Å². The fourth-order valence-corrected chi connectivity index (χ4v) is 2.17. The summed E-state index contributed by atoms with van der Waals surface area (Å²) in [5.74, 6) is -0.377. The Morgan fingerprint density at radius 2 is 1.90 bits per heavy atom. The normalized spacial score (nSPS) is 12.0. The van der Waals surface area contributed by atoms with Crippen LogP contribution < -0.4 is 10.5 Å².